The Balaban J connectivity index is 0.000000254. The Morgan fingerprint density at radius 2 is 1.02 bits per heavy atom. The summed E-state index contributed by atoms with van der Waals surface area (Å²) in [6, 6.07) is 35.8. The number of aliphatic carboxylic acids is 1. The van der Waals surface area contributed by atoms with Crippen molar-refractivity contribution in [2.45, 2.75) is 48.7 Å². The summed E-state index contributed by atoms with van der Waals surface area (Å²) < 4.78 is 66.5. The molecule has 0 aliphatic carbocycles. The number of sulfone groups is 2. The van der Waals surface area contributed by atoms with Crippen molar-refractivity contribution in [1.82, 2.24) is 0 Å². The van der Waals surface area contributed by atoms with Gasteiger partial charge in [0.05, 0.1) is 35.8 Å². The average Bonchev–Trinajstić information content (AvgIpc) is 3.24. The smallest absolute Gasteiger partial charge is 0.313 e. The summed E-state index contributed by atoms with van der Waals surface area (Å²) in [5, 5.41) is 20.1. The van der Waals surface area contributed by atoms with E-state index in [2.05, 4.69) is 6.42 Å². The molecule has 59 heavy (non-hydrogen) atoms. The molecular formula is C46H49O11S2+. The molecule has 3 N–H and O–H groups in total. The molecule has 0 heterocycles. The Morgan fingerprint density at radius 1 is 0.644 bits per heavy atom. The van der Waals surface area contributed by atoms with E-state index in [0.29, 0.717) is 4.90 Å². The van der Waals surface area contributed by atoms with Crippen LogP contribution in [0.15, 0.2) is 131 Å². The van der Waals surface area contributed by atoms with Gasteiger partial charge in [-0.15, -0.1) is 12.8 Å². The third-order valence-corrected chi connectivity index (χ3v) is 11.4. The number of carbonyl (C=O) groups excluding carboxylic acids is 1. The van der Waals surface area contributed by atoms with Gasteiger partial charge in [0.1, 0.15) is 19.5 Å². The fraction of sp³-hybridized carbons (Fsp3) is 0.217. The predicted octanol–water partition coefficient (Wildman–Crippen LogP) is 7.70. The molecule has 6 aromatic rings. The first kappa shape index (κ1) is 45.5. The summed E-state index contributed by atoms with van der Waals surface area (Å²) in [5.74, 6) is -0.452. The highest BCUT2D eigenvalue weighted by atomic mass is 32.2. The van der Waals surface area contributed by atoms with Gasteiger partial charge >= 0.3 is 11.9 Å². The molecule has 0 spiro atoms. The maximum atomic E-state index is 12.4. The quantitative estimate of drug-likeness (QED) is 0.0774. The van der Waals surface area contributed by atoms with Crippen LogP contribution in [0.5, 0.6) is 11.5 Å². The standard InChI is InChI=1S/C22H22O5S.C14H14O3.C8H10O3S.C2H2/c1-15(17-6-7-19-13-20(26-2)9-8-18(19)12-17)22(23)27-14-16-4-10-21(11-5-16)28(3,24)25;1-9(14(15)16)10-3-4-12-8-13(17-2)6-5-11(12)7-10;1-12(10,11)8-4-2-7(6-9)3-5-8;1-2/h4-13,15H,14H2,1-3H3;3-9H,1-2H3,(H,15,16);2-5,9H,6H2,1H3;1-2H/p+1/i;;;1D. The van der Waals surface area contributed by atoms with Crippen LogP contribution >= 0.6 is 0 Å². The molecule has 2 unspecified atom stereocenters. The molecule has 2 atom stereocenters. The number of carbonyl (C=O) groups is 2. The zero-order valence-electron chi connectivity index (χ0n) is 34.6. The third-order valence-electron chi connectivity index (χ3n) is 9.16. The number of carboxylic acids is 1. The molecule has 0 aliphatic heterocycles. The largest absolute Gasteiger partial charge is 0.497 e. The highest BCUT2D eigenvalue weighted by Gasteiger charge is 2.18. The number of benzene rings is 6. The van der Waals surface area contributed by atoms with Crippen LogP contribution in [0.25, 0.3) is 21.5 Å². The van der Waals surface area contributed by atoms with E-state index >= 15 is 0 Å². The lowest BCUT2D eigenvalue weighted by Gasteiger charge is -2.13. The van der Waals surface area contributed by atoms with Crippen LogP contribution in [0.1, 0.15) is 49.3 Å². The van der Waals surface area contributed by atoms with Gasteiger partial charge in [-0.05, 0) is 101 Å². The normalized spacial score (nSPS) is 12.0. The maximum absolute atomic E-state index is 12.4. The Morgan fingerprint density at radius 3 is 1.39 bits per heavy atom. The number of esters is 1. The molecule has 6 rings (SSSR count). The van der Waals surface area contributed by atoms with E-state index in [1.165, 1.54) is 36.9 Å². The number of fused-ring (bicyclic) bond motifs is 2. The molecule has 0 radical (unpaired) electrons. The van der Waals surface area contributed by atoms with Gasteiger partial charge in [0.25, 0.3) is 0 Å². The minimum Gasteiger partial charge on any atom is -0.497 e. The monoisotopic (exact) mass is 842 g/mol. The lowest BCUT2D eigenvalue weighted by atomic mass is 9.98. The van der Waals surface area contributed by atoms with Crippen LogP contribution in [-0.4, -0.2) is 65.7 Å². The molecule has 0 saturated heterocycles. The van der Waals surface area contributed by atoms with E-state index in [9.17, 15) is 26.4 Å². The van der Waals surface area contributed by atoms with E-state index in [1.807, 2.05) is 72.8 Å². The van der Waals surface area contributed by atoms with E-state index in [0.717, 1.165) is 61.6 Å². The minimum absolute atomic E-state index is 0.0952. The SMILES string of the molecule is COc1ccc2cc(C(C)C(=O)O)ccc2c1.COc1ccc2cc(C(C)C(=O)OCc3ccc(S(C)(=O)=O)cc3)ccc2c1.CS(=O)(=O)c1ccc(C[OH2+])cc1.[2H]C#C. The molecule has 6 aromatic carbocycles. The summed E-state index contributed by atoms with van der Waals surface area (Å²) in [5.41, 5.74) is 3.24. The van der Waals surface area contributed by atoms with Crippen LogP contribution in [0.4, 0.5) is 0 Å². The van der Waals surface area contributed by atoms with Crippen molar-refractivity contribution in [3.63, 3.8) is 0 Å². The van der Waals surface area contributed by atoms with Crippen LogP contribution in [0, 0.1) is 12.8 Å². The second-order valence-electron chi connectivity index (χ2n) is 13.3. The van der Waals surface area contributed by atoms with Gasteiger partial charge < -0.3 is 24.4 Å². The fourth-order valence-corrected chi connectivity index (χ4v) is 6.78. The van der Waals surface area contributed by atoms with E-state index in [1.54, 1.807) is 52.3 Å². The molecule has 0 fully saturated rings. The van der Waals surface area contributed by atoms with Crippen molar-refractivity contribution < 1.29 is 52.2 Å². The maximum Gasteiger partial charge on any atom is 0.313 e. The molecule has 0 aliphatic rings. The van der Waals surface area contributed by atoms with Crippen molar-refractivity contribution in [3.05, 3.63) is 144 Å². The zero-order chi connectivity index (χ0) is 44.6. The molecule has 310 valence electrons. The van der Waals surface area contributed by atoms with Crippen molar-refractivity contribution in [1.29, 1.82) is 0 Å². The second kappa shape index (κ2) is 21.5. The van der Waals surface area contributed by atoms with Crippen molar-refractivity contribution >= 4 is 53.2 Å². The van der Waals surface area contributed by atoms with Gasteiger partial charge in [0.2, 0.25) is 0 Å². The van der Waals surface area contributed by atoms with Gasteiger partial charge in [-0.1, -0.05) is 72.8 Å². The zero-order valence-corrected chi connectivity index (χ0v) is 35.3. The van der Waals surface area contributed by atoms with Crippen LogP contribution < -0.4 is 9.47 Å². The van der Waals surface area contributed by atoms with Crippen molar-refractivity contribution in [2.24, 2.45) is 0 Å². The topological polar surface area (TPSA) is 173 Å². The number of terminal acetylenes is 1. The molecule has 0 aromatic heterocycles. The summed E-state index contributed by atoms with van der Waals surface area (Å²) in [6.45, 7) is 3.77. The molecular weight excluding hydrogens is 793 g/mol. The summed E-state index contributed by atoms with van der Waals surface area (Å²) in [4.78, 5) is 23.9. The average molecular weight is 843 g/mol. The molecule has 0 amide bonds. The highest BCUT2D eigenvalue weighted by molar-refractivity contribution is 7.91. The lowest BCUT2D eigenvalue weighted by molar-refractivity contribution is -0.146. The van der Waals surface area contributed by atoms with Crippen molar-refractivity contribution in [2.75, 3.05) is 26.7 Å². The number of ether oxygens (including phenoxy) is 3. The summed E-state index contributed by atoms with van der Waals surface area (Å²) in [6.07, 6.45) is 8.09. The Labute approximate surface area is 347 Å². The number of rotatable bonds is 11. The minimum atomic E-state index is -3.24. The second-order valence-corrected chi connectivity index (χ2v) is 17.4. The summed E-state index contributed by atoms with van der Waals surface area (Å²) in [7, 11) is -3.07. The van der Waals surface area contributed by atoms with E-state index < -0.39 is 37.5 Å². The number of hydrogen-bond acceptors (Lipinski definition) is 9. The Kier molecular flexibility index (Phi) is 16.6. The van der Waals surface area contributed by atoms with Gasteiger partial charge in [-0.2, -0.15) is 0 Å². The van der Waals surface area contributed by atoms with Gasteiger partial charge in [-0.3, -0.25) is 9.59 Å². The van der Waals surface area contributed by atoms with E-state index in [4.69, 9.17) is 25.8 Å². The number of methoxy groups -OCH3 is 2. The lowest BCUT2D eigenvalue weighted by Crippen LogP contribution is -2.13. The molecule has 11 nitrogen and oxygen atoms in total. The summed E-state index contributed by atoms with van der Waals surface area (Å²) >= 11 is 0. The first-order chi connectivity index (χ1) is 28.3. The number of carboxylic acid groups (broad SMARTS) is 1. The molecule has 13 heteroatoms. The molecule has 0 bridgehead atoms. The first-order valence-corrected chi connectivity index (χ1v) is 21.8. The van der Waals surface area contributed by atoms with Crippen LogP contribution in [-0.2, 0) is 47.2 Å². The van der Waals surface area contributed by atoms with Crippen LogP contribution in [0.3, 0.4) is 0 Å². The van der Waals surface area contributed by atoms with Gasteiger partial charge in [0, 0.05) is 18.1 Å². The van der Waals surface area contributed by atoms with Gasteiger partial charge in [-0.25, -0.2) is 16.8 Å². The fourth-order valence-electron chi connectivity index (χ4n) is 5.52. The Hall–Kier alpha value is -6.20. The predicted molar refractivity (Wildman–Crippen MR) is 232 cm³/mol. The third kappa shape index (κ3) is 13.7. The Bertz CT molecular complexity index is 2660. The first-order valence-electron chi connectivity index (χ1n) is 18.5. The highest BCUT2D eigenvalue weighted by Crippen LogP contribution is 2.27. The molecule has 0 saturated carbocycles. The number of hydrogen-bond donors (Lipinski definition) is 1. The van der Waals surface area contributed by atoms with Gasteiger partial charge in [0.15, 0.2) is 26.3 Å². The van der Waals surface area contributed by atoms with E-state index in [-0.39, 0.29) is 24.1 Å². The van der Waals surface area contributed by atoms with Crippen molar-refractivity contribution in [3.8, 4) is 24.3 Å². The van der Waals surface area contributed by atoms with Crippen LogP contribution in [0.2, 0.25) is 0 Å².